The number of hydrogen-bond donors (Lipinski definition) is 5. The zero-order valence-corrected chi connectivity index (χ0v) is 40.5. The molecule has 7 heterocycles. The Morgan fingerprint density at radius 1 is 0.943 bits per heavy atom. The smallest absolute Gasteiger partial charge is 0.490 e. The first kappa shape index (κ1) is 49.8. The second kappa shape index (κ2) is 17.8. The number of carbonyl (C=O) groups excluding carboxylic acids is 3. The number of halogens is 3. The highest BCUT2D eigenvalue weighted by Gasteiger charge is 2.80. The summed E-state index contributed by atoms with van der Waals surface area (Å²) in [5.74, 6) is -4.19. The summed E-state index contributed by atoms with van der Waals surface area (Å²) < 4.78 is 56.3. The third-order valence-corrected chi connectivity index (χ3v) is 17.1. The Hall–Kier alpha value is -5.21. The fourth-order valence-corrected chi connectivity index (χ4v) is 14.4. The van der Waals surface area contributed by atoms with E-state index < -0.39 is 75.7 Å². The molecule has 2 bridgehead atoms. The first-order valence-electron chi connectivity index (χ1n) is 24.3. The van der Waals surface area contributed by atoms with Crippen LogP contribution in [0.1, 0.15) is 81.2 Å². The first-order chi connectivity index (χ1) is 33.2. The number of anilines is 1. The molecule has 1 aromatic heterocycles. The van der Waals surface area contributed by atoms with Crippen LogP contribution in [-0.2, 0) is 50.6 Å². The summed E-state index contributed by atoms with van der Waals surface area (Å²) in [6, 6.07) is 10.4. The number of piperidine rings is 1. The lowest BCUT2D eigenvalue weighted by molar-refractivity contribution is -0.230. The van der Waals surface area contributed by atoms with Gasteiger partial charge in [-0.2, -0.15) is 13.2 Å². The summed E-state index contributed by atoms with van der Waals surface area (Å²) in [6.07, 6.45) is 2.31. The molecular weight excluding hydrogens is 916 g/mol. The highest BCUT2D eigenvalue weighted by atomic mass is 19.4. The first-order valence-corrected chi connectivity index (χ1v) is 24.3. The number of carboxylic acids is 1. The van der Waals surface area contributed by atoms with Gasteiger partial charge in [-0.25, -0.2) is 9.59 Å². The minimum Gasteiger partial charge on any atom is -0.496 e. The van der Waals surface area contributed by atoms with Crippen molar-refractivity contribution in [1.82, 2.24) is 20.1 Å². The van der Waals surface area contributed by atoms with Gasteiger partial charge in [0.25, 0.3) is 0 Å². The number of ether oxygens (including phenoxy) is 4. The molecule has 7 aliphatic rings. The summed E-state index contributed by atoms with van der Waals surface area (Å²) in [5.41, 5.74) is -1.68. The summed E-state index contributed by atoms with van der Waals surface area (Å²) in [7, 11) is 6.21. The van der Waals surface area contributed by atoms with E-state index in [1.807, 2.05) is 50.1 Å². The van der Waals surface area contributed by atoms with Crippen LogP contribution in [0.15, 0.2) is 48.6 Å². The largest absolute Gasteiger partial charge is 0.496 e. The van der Waals surface area contributed by atoms with Gasteiger partial charge in [-0.05, 0) is 93.6 Å². The van der Waals surface area contributed by atoms with Crippen LogP contribution in [0.2, 0.25) is 0 Å². The number of likely N-dealkylation sites (N-methyl/N-ethyl adjacent to an activating group) is 1. The van der Waals surface area contributed by atoms with Gasteiger partial charge in [0.1, 0.15) is 17.2 Å². The van der Waals surface area contributed by atoms with Crippen molar-refractivity contribution in [2.24, 2.45) is 11.3 Å². The second-order valence-corrected chi connectivity index (χ2v) is 20.5. The van der Waals surface area contributed by atoms with E-state index in [0.29, 0.717) is 95.5 Å². The normalized spacial score (nSPS) is 35.2. The SMILES string of the molecule is CC[C@]1(O)C[C@@H]2CN(CCc3c([nH]c4ccccc34)[C@@](C(=O)OC)(c3cc4c(cc3OC)N(C)C3C45CCN4CC=C[C@](CC)(C45)[C@@H](OC(=O)C4CCCN4)[C@]3(O)C(=O)OC)C2)C1.O=C(O)C(F)(F)F. The number of benzene rings is 2. The van der Waals surface area contributed by atoms with Crippen molar-refractivity contribution in [3.63, 3.8) is 0 Å². The molecule has 0 radical (unpaired) electrons. The van der Waals surface area contributed by atoms with E-state index in [-0.39, 0.29) is 12.0 Å². The number of hydrogen-bond acceptors (Lipinski definition) is 14. The van der Waals surface area contributed by atoms with Crippen LogP contribution in [0.25, 0.3) is 10.9 Å². The molecule has 10 rings (SSSR count). The lowest BCUT2D eigenvalue weighted by atomic mass is 9.47. The van der Waals surface area contributed by atoms with E-state index in [4.69, 9.17) is 28.8 Å². The van der Waals surface area contributed by atoms with Gasteiger partial charge >= 0.3 is 30.1 Å². The maximum atomic E-state index is 15.4. The Bertz CT molecular complexity index is 2600. The number of aromatic nitrogens is 1. The molecule has 1 aliphatic carbocycles. The maximum Gasteiger partial charge on any atom is 0.490 e. The van der Waals surface area contributed by atoms with Crippen molar-refractivity contribution < 1.29 is 66.6 Å². The van der Waals surface area contributed by atoms with E-state index >= 15 is 4.79 Å². The molecule has 380 valence electrons. The summed E-state index contributed by atoms with van der Waals surface area (Å²) >= 11 is 0. The maximum absolute atomic E-state index is 15.4. The predicted octanol–water partition coefficient (Wildman–Crippen LogP) is 4.36. The average molecular weight is 980 g/mol. The van der Waals surface area contributed by atoms with E-state index in [1.54, 1.807) is 7.11 Å². The third kappa shape index (κ3) is 7.25. The summed E-state index contributed by atoms with van der Waals surface area (Å²) in [5, 5.41) is 37.1. The number of methoxy groups -OCH3 is 3. The standard InChI is InChI=1S/C49H63N5O9.C2HF3O2/c1-7-45(58)25-29-26-48(43(56)61-5,38-31(16-21-53(27-29)28-45)30-13-9-10-14-34(30)51-38)33-23-32-36(24-37(33)60-4)52(3)41-47(32)18-22-54-20-12-17-46(8-2,40(47)54)42(49(41,59)44(57)62-6)63-39(55)35-15-11-19-50-35;3-2(4,5)1(6)7/h9-10,12-14,17,23-24,29,35,40-42,50-51,58-59H,7-8,11,15-16,18-22,25-28H2,1-6H3;(H,6,7)/t29-,35?,40?,41?,42+,45-,46+,47?,48-,49-;/m0./s1. The van der Waals surface area contributed by atoms with Crippen molar-refractivity contribution in [1.29, 1.82) is 0 Å². The molecular formula is C51H64F3N5O11. The molecule has 0 amide bonds. The van der Waals surface area contributed by atoms with Crippen molar-refractivity contribution in [2.45, 2.75) is 118 Å². The quantitative estimate of drug-likeness (QED) is 0.121. The highest BCUT2D eigenvalue weighted by Crippen LogP contribution is 2.68. The zero-order valence-electron chi connectivity index (χ0n) is 40.5. The number of aliphatic hydroxyl groups is 2. The number of H-pyrrole nitrogens is 1. The molecule has 1 saturated carbocycles. The van der Waals surface area contributed by atoms with Gasteiger partial charge in [0.05, 0.1) is 33.0 Å². The number of carbonyl (C=O) groups is 4. The number of aromatic amines is 1. The Balaban J connectivity index is 0.000000810. The number of rotatable bonds is 8. The average Bonchev–Trinajstić information content (AvgIpc) is 4.16. The van der Waals surface area contributed by atoms with Gasteiger partial charge in [0.15, 0.2) is 6.10 Å². The second-order valence-electron chi connectivity index (χ2n) is 20.5. The molecule has 6 aliphatic heterocycles. The van der Waals surface area contributed by atoms with Crippen molar-refractivity contribution >= 4 is 40.5 Å². The molecule has 4 fully saturated rings. The number of nitrogens with zero attached hydrogens (tertiary/aromatic N) is 3. The van der Waals surface area contributed by atoms with E-state index in [9.17, 15) is 33.0 Å². The van der Waals surface area contributed by atoms with Crippen LogP contribution in [0.4, 0.5) is 18.9 Å². The number of alkyl halides is 3. The van der Waals surface area contributed by atoms with Crippen LogP contribution in [0, 0.1) is 11.3 Å². The fraction of sp³-hybridized carbons (Fsp3) is 0.608. The number of esters is 3. The van der Waals surface area contributed by atoms with Crippen molar-refractivity contribution in [3.05, 3.63) is 70.9 Å². The predicted molar refractivity (Wildman–Crippen MR) is 249 cm³/mol. The van der Waals surface area contributed by atoms with Crippen LogP contribution < -0.4 is 15.0 Å². The highest BCUT2D eigenvalue weighted by molar-refractivity contribution is 5.95. The number of para-hydroxylation sites is 1. The molecule has 5 N–H and O–H groups in total. The lowest BCUT2D eigenvalue weighted by Crippen LogP contribution is -2.81. The minimum atomic E-state index is -5.08. The molecule has 1 spiro atoms. The van der Waals surface area contributed by atoms with Crippen LogP contribution in [0.5, 0.6) is 5.75 Å². The Labute approximate surface area is 404 Å². The Morgan fingerprint density at radius 2 is 1.67 bits per heavy atom. The van der Waals surface area contributed by atoms with Crippen LogP contribution in [-0.4, -0.2) is 163 Å². The summed E-state index contributed by atoms with van der Waals surface area (Å²) in [6.45, 7) is 8.02. The molecule has 70 heavy (non-hydrogen) atoms. The number of nitrogens with one attached hydrogen (secondary N) is 2. The van der Waals surface area contributed by atoms with Gasteiger partial charge in [-0.15, -0.1) is 0 Å². The number of carboxylic acid groups (broad SMARTS) is 1. The van der Waals surface area contributed by atoms with Crippen molar-refractivity contribution in [3.8, 4) is 5.75 Å². The van der Waals surface area contributed by atoms with Crippen LogP contribution >= 0.6 is 0 Å². The van der Waals surface area contributed by atoms with E-state index in [1.165, 1.54) is 14.2 Å². The molecule has 3 aromatic rings. The topological polar surface area (TPSA) is 203 Å². The van der Waals surface area contributed by atoms with Gasteiger partial charge < -0.3 is 49.5 Å². The van der Waals surface area contributed by atoms with Gasteiger partial charge in [-0.3, -0.25) is 19.4 Å². The Morgan fingerprint density at radius 3 is 2.31 bits per heavy atom. The molecule has 19 heteroatoms. The third-order valence-electron chi connectivity index (χ3n) is 17.1. The molecule has 3 saturated heterocycles. The fourth-order valence-electron chi connectivity index (χ4n) is 14.4. The Kier molecular flexibility index (Phi) is 12.7. The zero-order chi connectivity index (χ0) is 50.3. The van der Waals surface area contributed by atoms with Crippen molar-refractivity contribution in [2.75, 3.05) is 72.5 Å². The van der Waals surface area contributed by atoms with Gasteiger partial charge in [0, 0.05) is 84.0 Å². The molecule has 2 aromatic carbocycles. The summed E-state index contributed by atoms with van der Waals surface area (Å²) in [4.78, 5) is 63.7. The van der Waals surface area contributed by atoms with Gasteiger partial charge in [-0.1, -0.05) is 44.2 Å². The van der Waals surface area contributed by atoms with E-state index in [0.717, 1.165) is 39.8 Å². The minimum absolute atomic E-state index is 0.103. The molecule has 16 nitrogen and oxygen atoms in total. The van der Waals surface area contributed by atoms with E-state index in [2.05, 4.69) is 44.4 Å². The molecule has 5 unspecified atom stereocenters. The van der Waals surface area contributed by atoms with Gasteiger partial charge in [0.2, 0.25) is 5.60 Å². The number of aliphatic carboxylic acids is 1. The van der Waals surface area contributed by atoms with Crippen LogP contribution in [0.3, 0.4) is 0 Å². The number of fused-ring (bicyclic) bond motifs is 6. The monoisotopic (exact) mass is 979 g/mol. The lowest BCUT2D eigenvalue weighted by Gasteiger charge is -2.63. The molecule has 11 atom stereocenters.